The summed E-state index contributed by atoms with van der Waals surface area (Å²) in [4.78, 5) is 5.49. The molecule has 1 aliphatic heterocycles. The van der Waals surface area contributed by atoms with Gasteiger partial charge >= 0.3 is 0 Å². The highest BCUT2D eigenvalue weighted by Crippen LogP contribution is 2.41. The van der Waals surface area contributed by atoms with Crippen LogP contribution in [-0.4, -0.2) is 18.6 Å². The molecule has 0 saturated heterocycles. The number of nitrogens with one attached hydrogen (secondary N) is 1. The third kappa shape index (κ3) is 1.72. The summed E-state index contributed by atoms with van der Waals surface area (Å²) < 4.78 is 0. The van der Waals surface area contributed by atoms with Crippen molar-refractivity contribution in [3.05, 3.63) is 41.0 Å². The number of nitrogens with zero attached hydrogens (tertiary/aromatic N) is 1. The Kier molecular flexibility index (Phi) is 2.46. The zero-order chi connectivity index (χ0) is 12.9. The topological polar surface area (TPSA) is 19.0 Å². The maximum atomic E-state index is 5.94. The Balaban J connectivity index is 2.10. The second-order valence-electron chi connectivity index (χ2n) is 5.69. The number of aromatic amines is 1. The predicted molar refractivity (Wildman–Crippen MR) is 77.5 cm³/mol. The molecule has 0 atom stereocenters. The minimum absolute atomic E-state index is 0.232. The van der Waals surface area contributed by atoms with Gasteiger partial charge in [0.2, 0.25) is 0 Å². The van der Waals surface area contributed by atoms with E-state index in [1.807, 2.05) is 12.1 Å². The molecule has 0 saturated carbocycles. The first-order valence-corrected chi connectivity index (χ1v) is 6.56. The maximum absolute atomic E-state index is 5.94. The van der Waals surface area contributed by atoms with Gasteiger partial charge in [-0.15, -0.1) is 0 Å². The molecule has 1 aliphatic rings. The number of hydrogen-bond donors (Lipinski definition) is 1. The minimum atomic E-state index is 0.232. The van der Waals surface area contributed by atoms with E-state index in [9.17, 15) is 0 Å². The third-order valence-electron chi connectivity index (χ3n) is 3.73. The average molecular weight is 261 g/mol. The normalized spacial score (nSPS) is 17.0. The summed E-state index contributed by atoms with van der Waals surface area (Å²) in [5, 5.41) is 0.680. The molecule has 2 nitrogen and oxygen atoms in total. The molecular weight excluding hydrogens is 244 g/mol. The van der Waals surface area contributed by atoms with E-state index in [4.69, 9.17) is 11.6 Å². The van der Waals surface area contributed by atoms with Crippen LogP contribution in [0.2, 0.25) is 5.15 Å². The van der Waals surface area contributed by atoms with Gasteiger partial charge in [0, 0.05) is 36.0 Å². The van der Waals surface area contributed by atoms with Crippen LogP contribution in [0.1, 0.15) is 19.4 Å². The standard InChI is InChI=1S/C15H17ClN2/c1-15(2)9-18(3)13-8-10(4-5-11(13)15)12-6-7-14(16)17-12/h4-8,17H,9H2,1-3H3. The van der Waals surface area contributed by atoms with Crippen molar-refractivity contribution in [1.29, 1.82) is 0 Å². The molecule has 1 aromatic heterocycles. The summed E-state index contributed by atoms with van der Waals surface area (Å²) in [5.41, 5.74) is 5.23. The fraction of sp³-hybridized carbons (Fsp3) is 0.333. The maximum Gasteiger partial charge on any atom is 0.106 e. The minimum Gasteiger partial charge on any atom is -0.373 e. The predicted octanol–water partition coefficient (Wildman–Crippen LogP) is 4.06. The van der Waals surface area contributed by atoms with Crippen molar-refractivity contribution in [2.24, 2.45) is 0 Å². The van der Waals surface area contributed by atoms with Gasteiger partial charge in [0.1, 0.15) is 5.15 Å². The third-order valence-corrected chi connectivity index (χ3v) is 3.95. The summed E-state index contributed by atoms with van der Waals surface area (Å²) in [7, 11) is 2.15. The van der Waals surface area contributed by atoms with Gasteiger partial charge in [0.25, 0.3) is 0 Å². The van der Waals surface area contributed by atoms with Crippen molar-refractivity contribution >= 4 is 17.3 Å². The van der Waals surface area contributed by atoms with Crippen LogP contribution in [0.4, 0.5) is 5.69 Å². The van der Waals surface area contributed by atoms with Gasteiger partial charge in [-0.05, 0) is 23.8 Å². The van der Waals surface area contributed by atoms with Crippen LogP contribution >= 0.6 is 11.6 Å². The van der Waals surface area contributed by atoms with Crippen molar-refractivity contribution in [3.63, 3.8) is 0 Å². The van der Waals surface area contributed by atoms with Gasteiger partial charge in [-0.25, -0.2) is 0 Å². The van der Waals surface area contributed by atoms with Gasteiger partial charge in [0.15, 0.2) is 0 Å². The van der Waals surface area contributed by atoms with Crippen LogP contribution in [0, 0.1) is 0 Å². The van der Waals surface area contributed by atoms with E-state index in [-0.39, 0.29) is 5.41 Å². The highest BCUT2D eigenvalue weighted by Gasteiger charge is 2.33. The van der Waals surface area contributed by atoms with Crippen LogP contribution in [0.5, 0.6) is 0 Å². The average Bonchev–Trinajstić information content (AvgIpc) is 2.82. The lowest BCUT2D eigenvalue weighted by Crippen LogP contribution is -2.24. The zero-order valence-corrected chi connectivity index (χ0v) is 11.7. The molecule has 18 heavy (non-hydrogen) atoms. The largest absolute Gasteiger partial charge is 0.373 e. The van der Waals surface area contributed by atoms with Crippen molar-refractivity contribution < 1.29 is 0 Å². The molecule has 3 heteroatoms. The van der Waals surface area contributed by atoms with Crippen LogP contribution in [0.3, 0.4) is 0 Å². The van der Waals surface area contributed by atoms with E-state index < -0.39 is 0 Å². The smallest absolute Gasteiger partial charge is 0.106 e. The van der Waals surface area contributed by atoms with E-state index in [1.165, 1.54) is 16.8 Å². The fourth-order valence-corrected chi connectivity index (χ4v) is 3.05. The number of likely N-dealkylation sites (N-methyl/N-ethyl adjacent to an activating group) is 1. The van der Waals surface area contributed by atoms with Crippen molar-refractivity contribution in [3.8, 4) is 11.3 Å². The molecule has 3 rings (SSSR count). The first kappa shape index (κ1) is 11.7. The van der Waals surface area contributed by atoms with E-state index >= 15 is 0 Å². The second-order valence-corrected chi connectivity index (χ2v) is 6.10. The quantitative estimate of drug-likeness (QED) is 0.819. The number of halogens is 1. The lowest BCUT2D eigenvalue weighted by atomic mass is 9.86. The van der Waals surface area contributed by atoms with Crippen molar-refractivity contribution in [2.45, 2.75) is 19.3 Å². The molecule has 2 aromatic rings. The molecule has 0 spiro atoms. The number of fused-ring (bicyclic) bond motifs is 1. The highest BCUT2D eigenvalue weighted by molar-refractivity contribution is 6.29. The van der Waals surface area contributed by atoms with E-state index in [0.29, 0.717) is 5.15 Å². The Labute approximate surface area is 113 Å². The van der Waals surface area contributed by atoms with Crippen LogP contribution in [0.15, 0.2) is 30.3 Å². The summed E-state index contributed by atoms with van der Waals surface area (Å²) in [5.74, 6) is 0. The van der Waals surface area contributed by atoms with Gasteiger partial charge in [-0.1, -0.05) is 37.6 Å². The Morgan fingerprint density at radius 1 is 1.22 bits per heavy atom. The molecule has 0 radical (unpaired) electrons. The van der Waals surface area contributed by atoms with Crippen LogP contribution in [0.25, 0.3) is 11.3 Å². The number of benzene rings is 1. The van der Waals surface area contributed by atoms with Gasteiger partial charge < -0.3 is 9.88 Å². The van der Waals surface area contributed by atoms with Gasteiger partial charge in [-0.2, -0.15) is 0 Å². The monoisotopic (exact) mass is 260 g/mol. The van der Waals surface area contributed by atoms with Crippen LogP contribution in [-0.2, 0) is 5.41 Å². The van der Waals surface area contributed by atoms with Gasteiger partial charge in [-0.3, -0.25) is 0 Å². The molecule has 94 valence electrons. The lowest BCUT2D eigenvalue weighted by molar-refractivity contribution is 0.563. The Morgan fingerprint density at radius 2 is 2.00 bits per heavy atom. The summed E-state index contributed by atoms with van der Waals surface area (Å²) >= 11 is 5.94. The molecule has 2 heterocycles. The van der Waals surface area contributed by atoms with E-state index in [2.05, 4.69) is 49.0 Å². The molecule has 0 aliphatic carbocycles. The number of aromatic nitrogens is 1. The van der Waals surface area contributed by atoms with E-state index in [1.54, 1.807) is 0 Å². The first-order chi connectivity index (χ1) is 8.47. The Hall–Kier alpha value is -1.41. The zero-order valence-electron chi connectivity index (χ0n) is 10.9. The molecule has 0 fully saturated rings. The highest BCUT2D eigenvalue weighted by atomic mass is 35.5. The van der Waals surface area contributed by atoms with Gasteiger partial charge in [0.05, 0.1) is 0 Å². The summed E-state index contributed by atoms with van der Waals surface area (Å²) in [6.07, 6.45) is 0. The molecule has 1 aromatic carbocycles. The molecular formula is C15H17ClN2. The van der Waals surface area contributed by atoms with Crippen molar-refractivity contribution in [2.75, 3.05) is 18.5 Å². The Morgan fingerprint density at radius 3 is 2.67 bits per heavy atom. The fourth-order valence-electron chi connectivity index (χ4n) is 2.89. The molecule has 1 N–H and O–H groups in total. The number of H-pyrrole nitrogens is 1. The summed E-state index contributed by atoms with van der Waals surface area (Å²) in [6.45, 7) is 5.65. The van der Waals surface area contributed by atoms with Crippen LogP contribution < -0.4 is 4.90 Å². The molecule has 0 bridgehead atoms. The first-order valence-electron chi connectivity index (χ1n) is 6.18. The molecule has 0 unspecified atom stereocenters. The number of anilines is 1. The SMILES string of the molecule is CN1CC(C)(C)c2ccc(-c3ccc(Cl)[nH]3)cc21. The molecule has 0 amide bonds. The summed E-state index contributed by atoms with van der Waals surface area (Å²) in [6, 6.07) is 10.6. The van der Waals surface area contributed by atoms with Crippen molar-refractivity contribution in [1.82, 2.24) is 4.98 Å². The number of rotatable bonds is 1. The van der Waals surface area contributed by atoms with E-state index in [0.717, 1.165) is 12.2 Å². The second kappa shape index (κ2) is 3.79. The number of hydrogen-bond acceptors (Lipinski definition) is 1. The lowest BCUT2D eigenvalue weighted by Gasteiger charge is -2.18. The Bertz CT molecular complexity index is 598.